The number of rotatable bonds is 5. The zero-order valence-electron chi connectivity index (χ0n) is 12.3. The van der Waals surface area contributed by atoms with Gasteiger partial charge < -0.3 is 5.32 Å². The molecule has 0 radical (unpaired) electrons. The quantitative estimate of drug-likeness (QED) is 0.891. The summed E-state index contributed by atoms with van der Waals surface area (Å²) >= 11 is 0. The van der Waals surface area contributed by atoms with Crippen LogP contribution in [0.3, 0.4) is 0 Å². The molecule has 1 heterocycles. The molecule has 2 rings (SSSR count). The average Bonchev–Trinajstić information content (AvgIpc) is 2.36. The molecule has 0 saturated carbocycles. The number of piperidine rings is 1. The Morgan fingerprint density at radius 3 is 2.55 bits per heavy atom. The van der Waals surface area contributed by atoms with Gasteiger partial charge in [-0.1, -0.05) is 20.3 Å². The first-order valence-electron chi connectivity index (χ1n) is 7.47. The van der Waals surface area contributed by atoms with Crippen LogP contribution >= 0.6 is 0 Å². The molecule has 1 saturated heterocycles. The van der Waals surface area contributed by atoms with E-state index in [1.54, 1.807) is 0 Å². The van der Waals surface area contributed by atoms with Gasteiger partial charge in [0.2, 0.25) is 0 Å². The lowest BCUT2D eigenvalue weighted by atomic mass is 10.0. The summed E-state index contributed by atoms with van der Waals surface area (Å²) in [6, 6.07) is 4.72. The average molecular weight is 282 g/mol. The van der Waals surface area contributed by atoms with Crippen molar-refractivity contribution in [1.82, 2.24) is 10.2 Å². The molecule has 20 heavy (non-hydrogen) atoms. The van der Waals surface area contributed by atoms with Crippen molar-refractivity contribution in [2.45, 2.75) is 51.7 Å². The van der Waals surface area contributed by atoms with Gasteiger partial charge in [-0.2, -0.15) is 0 Å². The number of benzene rings is 1. The Kier molecular flexibility index (Phi) is 5.49. The molecular weight excluding hydrogens is 258 g/mol. The molecule has 2 nitrogen and oxygen atoms in total. The van der Waals surface area contributed by atoms with Crippen LogP contribution in [0.4, 0.5) is 8.78 Å². The second-order valence-electron chi connectivity index (χ2n) is 5.96. The SMILES string of the molecule is CC(C)NCC1CCCCN1Cc1cc(F)cc(F)c1. The van der Waals surface area contributed by atoms with Crippen molar-refractivity contribution in [1.29, 1.82) is 0 Å². The first-order valence-corrected chi connectivity index (χ1v) is 7.47. The van der Waals surface area contributed by atoms with Crippen LogP contribution in [-0.4, -0.2) is 30.1 Å². The van der Waals surface area contributed by atoms with Crippen LogP contribution in [-0.2, 0) is 6.54 Å². The van der Waals surface area contributed by atoms with Crippen LogP contribution in [0.25, 0.3) is 0 Å². The highest BCUT2D eigenvalue weighted by Gasteiger charge is 2.22. The molecular formula is C16H24F2N2. The number of likely N-dealkylation sites (tertiary alicyclic amines) is 1. The van der Waals surface area contributed by atoms with Crippen molar-refractivity contribution in [2.24, 2.45) is 0 Å². The Morgan fingerprint density at radius 1 is 1.20 bits per heavy atom. The van der Waals surface area contributed by atoms with Gasteiger partial charge in [0.15, 0.2) is 0 Å². The fraction of sp³-hybridized carbons (Fsp3) is 0.625. The molecule has 0 bridgehead atoms. The number of hydrogen-bond donors (Lipinski definition) is 1. The third-order valence-electron chi connectivity index (χ3n) is 3.82. The van der Waals surface area contributed by atoms with E-state index >= 15 is 0 Å². The number of nitrogens with one attached hydrogen (secondary N) is 1. The van der Waals surface area contributed by atoms with E-state index in [1.165, 1.54) is 18.6 Å². The number of halogens is 2. The minimum absolute atomic E-state index is 0.456. The zero-order chi connectivity index (χ0) is 14.5. The largest absolute Gasteiger partial charge is 0.313 e. The standard InChI is InChI=1S/C16H24F2N2/c1-12(2)19-10-16-5-3-4-6-20(16)11-13-7-14(17)9-15(18)8-13/h7-9,12,16,19H,3-6,10-11H2,1-2H3. The lowest BCUT2D eigenvalue weighted by Crippen LogP contribution is -2.46. The van der Waals surface area contributed by atoms with E-state index in [9.17, 15) is 8.78 Å². The van der Waals surface area contributed by atoms with Gasteiger partial charge in [0.05, 0.1) is 0 Å². The summed E-state index contributed by atoms with van der Waals surface area (Å²) in [6.45, 7) is 6.83. The van der Waals surface area contributed by atoms with Crippen molar-refractivity contribution in [3.63, 3.8) is 0 Å². The van der Waals surface area contributed by atoms with Gasteiger partial charge in [-0.25, -0.2) is 8.78 Å². The Labute approximate surface area is 120 Å². The molecule has 1 N–H and O–H groups in total. The molecule has 0 aliphatic carbocycles. The van der Waals surface area contributed by atoms with Crippen molar-refractivity contribution < 1.29 is 8.78 Å². The van der Waals surface area contributed by atoms with Crippen LogP contribution in [0.2, 0.25) is 0 Å². The highest BCUT2D eigenvalue weighted by molar-refractivity contribution is 5.18. The Balaban J connectivity index is 2.00. The van der Waals surface area contributed by atoms with E-state index in [-0.39, 0.29) is 0 Å². The van der Waals surface area contributed by atoms with Gasteiger partial charge >= 0.3 is 0 Å². The third-order valence-corrected chi connectivity index (χ3v) is 3.82. The second-order valence-corrected chi connectivity index (χ2v) is 5.96. The molecule has 1 aromatic rings. The minimum atomic E-state index is -0.492. The van der Waals surface area contributed by atoms with Crippen molar-refractivity contribution >= 4 is 0 Å². The third kappa shape index (κ3) is 4.53. The van der Waals surface area contributed by atoms with E-state index < -0.39 is 11.6 Å². The van der Waals surface area contributed by atoms with Gasteiger partial charge in [-0.05, 0) is 37.1 Å². The lowest BCUT2D eigenvalue weighted by molar-refractivity contribution is 0.135. The summed E-state index contributed by atoms with van der Waals surface area (Å²) in [4.78, 5) is 2.34. The molecule has 1 unspecified atom stereocenters. The molecule has 1 fully saturated rings. The van der Waals surface area contributed by atoms with E-state index in [4.69, 9.17) is 0 Å². The maximum absolute atomic E-state index is 13.3. The molecule has 0 amide bonds. The Morgan fingerprint density at radius 2 is 1.90 bits per heavy atom. The zero-order valence-corrected chi connectivity index (χ0v) is 12.3. The van der Waals surface area contributed by atoms with Gasteiger partial charge in [0, 0.05) is 31.2 Å². The van der Waals surface area contributed by atoms with Crippen LogP contribution in [0.5, 0.6) is 0 Å². The van der Waals surface area contributed by atoms with Crippen molar-refractivity contribution in [3.05, 3.63) is 35.4 Å². The molecule has 4 heteroatoms. The second kappa shape index (κ2) is 7.14. The highest BCUT2D eigenvalue weighted by atomic mass is 19.1. The fourth-order valence-electron chi connectivity index (χ4n) is 2.81. The molecule has 112 valence electrons. The van der Waals surface area contributed by atoms with Crippen LogP contribution < -0.4 is 5.32 Å². The first-order chi connectivity index (χ1) is 9.54. The van der Waals surface area contributed by atoms with E-state index in [0.717, 1.165) is 37.6 Å². The van der Waals surface area contributed by atoms with Crippen LogP contribution in [0, 0.1) is 11.6 Å². The van der Waals surface area contributed by atoms with Crippen LogP contribution in [0.1, 0.15) is 38.7 Å². The van der Waals surface area contributed by atoms with E-state index in [1.807, 2.05) is 0 Å². The van der Waals surface area contributed by atoms with Gasteiger partial charge in [-0.15, -0.1) is 0 Å². The van der Waals surface area contributed by atoms with E-state index in [0.29, 0.717) is 18.6 Å². The molecule has 1 aliphatic heterocycles. The summed E-state index contributed by atoms with van der Waals surface area (Å²) in [6.07, 6.45) is 3.55. The minimum Gasteiger partial charge on any atom is -0.313 e. The predicted octanol–water partition coefficient (Wildman–Crippen LogP) is 3.32. The smallest absolute Gasteiger partial charge is 0.126 e. The lowest BCUT2D eigenvalue weighted by Gasteiger charge is -2.36. The van der Waals surface area contributed by atoms with Crippen LogP contribution in [0.15, 0.2) is 18.2 Å². The monoisotopic (exact) mass is 282 g/mol. The van der Waals surface area contributed by atoms with Crippen molar-refractivity contribution in [3.8, 4) is 0 Å². The van der Waals surface area contributed by atoms with E-state index in [2.05, 4.69) is 24.1 Å². The summed E-state index contributed by atoms with van der Waals surface area (Å²) < 4.78 is 26.5. The Bertz CT molecular complexity index is 414. The molecule has 1 atom stereocenters. The number of nitrogens with zero attached hydrogens (tertiary/aromatic N) is 1. The summed E-state index contributed by atoms with van der Waals surface area (Å²) in [5, 5.41) is 3.46. The first kappa shape index (κ1) is 15.4. The molecule has 1 aliphatic rings. The molecule has 0 spiro atoms. The summed E-state index contributed by atoms with van der Waals surface area (Å²) in [5.41, 5.74) is 0.721. The fourth-order valence-corrected chi connectivity index (χ4v) is 2.81. The van der Waals surface area contributed by atoms with Gasteiger partial charge in [-0.3, -0.25) is 4.90 Å². The summed E-state index contributed by atoms with van der Waals surface area (Å²) in [7, 11) is 0. The molecule has 0 aromatic heterocycles. The normalized spacial score (nSPS) is 20.6. The maximum Gasteiger partial charge on any atom is 0.126 e. The topological polar surface area (TPSA) is 15.3 Å². The highest BCUT2D eigenvalue weighted by Crippen LogP contribution is 2.20. The predicted molar refractivity (Wildman–Crippen MR) is 77.5 cm³/mol. The molecule has 1 aromatic carbocycles. The summed E-state index contributed by atoms with van der Waals surface area (Å²) in [5.74, 6) is -0.984. The van der Waals surface area contributed by atoms with Gasteiger partial charge in [0.1, 0.15) is 11.6 Å². The van der Waals surface area contributed by atoms with Crippen molar-refractivity contribution in [2.75, 3.05) is 13.1 Å². The Hall–Kier alpha value is -1.00. The van der Waals surface area contributed by atoms with Gasteiger partial charge in [0.25, 0.3) is 0 Å². The maximum atomic E-state index is 13.3. The number of hydrogen-bond acceptors (Lipinski definition) is 2.